The molecule has 1 amide bonds. The molecule has 2 aromatic heterocycles. The molecule has 1 aliphatic heterocycles. The number of halogens is 2. The lowest BCUT2D eigenvalue weighted by Crippen LogP contribution is -2.30. The molecule has 0 aliphatic carbocycles. The number of hydrogen-bond donors (Lipinski definition) is 0. The maximum atomic E-state index is 13.8. The van der Waals surface area contributed by atoms with Gasteiger partial charge >= 0.3 is 0 Å². The zero-order chi connectivity index (χ0) is 25.0. The van der Waals surface area contributed by atoms with E-state index in [0.717, 1.165) is 0 Å². The maximum absolute atomic E-state index is 13.8. The number of anilines is 1. The van der Waals surface area contributed by atoms with Gasteiger partial charge in [-0.15, -0.1) is 0 Å². The normalized spacial score (nSPS) is 15.0. The minimum Gasteiger partial charge on any atom is -0.493 e. The Balaban J connectivity index is 1.88. The maximum Gasteiger partial charge on any atom is 0.296 e. The number of methoxy groups -OCH3 is 3. The van der Waals surface area contributed by atoms with E-state index in [1.807, 2.05) is 0 Å². The largest absolute Gasteiger partial charge is 0.493 e. The van der Waals surface area contributed by atoms with Crippen molar-refractivity contribution in [3.05, 3.63) is 73.2 Å². The standard InChI is InChI=1S/C24H18Cl2N2O7/c1-10-7-16(27-35-10)28-18(12-5-6-15(31-2)22(33-4)21(12)32-3)17-19(29)13-8-11(25)9-14(26)20(13)34-23(17)24(28)30/h5-9,18H,1-4H3. The zero-order valence-electron chi connectivity index (χ0n) is 19.0. The third-order valence-electron chi connectivity index (χ3n) is 5.78. The van der Waals surface area contributed by atoms with E-state index in [1.165, 1.54) is 38.4 Å². The molecule has 1 atom stereocenters. The van der Waals surface area contributed by atoms with Crippen LogP contribution in [0.3, 0.4) is 0 Å². The summed E-state index contributed by atoms with van der Waals surface area (Å²) in [4.78, 5) is 28.8. The Morgan fingerprint density at radius 2 is 1.74 bits per heavy atom. The van der Waals surface area contributed by atoms with E-state index in [4.69, 9.17) is 46.4 Å². The van der Waals surface area contributed by atoms with E-state index in [9.17, 15) is 9.59 Å². The first-order chi connectivity index (χ1) is 16.8. The molecule has 0 saturated carbocycles. The van der Waals surface area contributed by atoms with Crippen molar-refractivity contribution < 1.29 is 27.9 Å². The fraction of sp³-hybridized carbons (Fsp3) is 0.208. The van der Waals surface area contributed by atoms with Crippen LogP contribution >= 0.6 is 23.2 Å². The van der Waals surface area contributed by atoms with Gasteiger partial charge in [0.25, 0.3) is 5.91 Å². The molecule has 0 saturated heterocycles. The summed E-state index contributed by atoms with van der Waals surface area (Å²) in [5.74, 6) is 0.863. The molecule has 11 heteroatoms. The molecule has 0 radical (unpaired) electrons. The molecule has 0 fully saturated rings. The summed E-state index contributed by atoms with van der Waals surface area (Å²) in [6, 6.07) is 6.82. The van der Waals surface area contributed by atoms with Crippen LogP contribution in [0, 0.1) is 6.92 Å². The van der Waals surface area contributed by atoms with Gasteiger partial charge in [0.2, 0.25) is 11.5 Å². The van der Waals surface area contributed by atoms with Gasteiger partial charge in [-0.3, -0.25) is 14.5 Å². The van der Waals surface area contributed by atoms with Gasteiger partial charge in [0.1, 0.15) is 11.8 Å². The minimum atomic E-state index is -0.991. The van der Waals surface area contributed by atoms with Crippen LogP contribution in [0.15, 0.2) is 44.1 Å². The Bertz CT molecular complexity index is 1560. The number of aromatic nitrogens is 1. The summed E-state index contributed by atoms with van der Waals surface area (Å²) < 4.78 is 27.7. The van der Waals surface area contributed by atoms with Gasteiger partial charge in [0.15, 0.2) is 28.3 Å². The number of fused-ring (bicyclic) bond motifs is 2. The molecular weight excluding hydrogens is 499 g/mol. The van der Waals surface area contributed by atoms with E-state index in [1.54, 1.807) is 25.1 Å². The summed E-state index contributed by atoms with van der Waals surface area (Å²) in [5, 5.41) is 4.51. The van der Waals surface area contributed by atoms with E-state index < -0.39 is 17.4 Å². The number of aryl methyl sites for hydroxylation is 1. The number of carbonyl (C=O) groups excluding carboxylic acids is 1. The van der Waals surface area contributed by atoms with E-state index in [2.05, 4.69) is 5.16 Å². The van der Waals surface area contributed by atoms with Gasteiger partial charge in [-0.2, -0.15) is 0 Å². The molecule has 0 N–H and O–H groups in total. The van der Waals surface area contributed by atoms with Crippen LogP contribution in [-0.4, -0.2) is 32.4 Å². The molecule has 180 valence electrons. The minimum absolute atomic E-state index is 0.0596. The van der Waals surface area contributed by atoms with Crippen molar-refractivity contribution >= 4 is 45.9 Å². The third kappa shape index (κ3) is 3.42. The second-order valence-electron chi connectivity index (χ2n) is 7.74. The second kappa shape index (κ2) is 8.51. The number of ether oxygens (including phenoxy) is 3. The predicted octanol–water partition coefficient (Wildman–Crippen LogP) is 5.17. The van der Waals surface area contributed by atoms with Crippen molar-refractivity contribution in [1.82, 2.24) is 5.16 Å². The Labute approximate surface area is 208 Å². The van der Waals surface area contributed by atoms with Crippen LogP contribution in [0.4, 0.5) is 5.82 Å². The average molecular weight is 517 g/mol. The number of rotatable bonds is 5. The van der Waals surface area contributed by atoms with Crippen molar-refractivity contribution in [1.29, 1.82) is 0 Å². The van der Waals surface area contributed by atoms with Gasteiger partial charge in [-0.25, -0.2) is 0 Å². The average Bonchev–Trinajstić information content (AvgIpc) is 3.39. The Hall–Kier alpha value is -3.69. The fourth-order valence-corrected chi connectivity index (χ4v) is 4.87. The van der Waals surface area contributed by atoms with Crippen LogP contribution in [0.2, 0.25) is 10.0 Å². The van der Waals surface area contributed by atoms with Crippen LogP contribution < -0.4 is 24.5 Å². The molecule has 9 nitrogen and oxygen atoms in total. The molecule has 3 heterocycles. The lowest BCUT2D eigenvalue weighted by molar-refractivity contribution is 0.0969. The molecule has 1 unspecified atom stereocenters. The smallest absolute Gasteiger partial charge is 0.296 e. The predicted molar refractivity (Wildman–Crippen MR) is 128 cm³/mol. The van der Waals surface area contributed by atoms with E-state index in [0.29, 0.717) is 22.8 Å². The molecule has 4 aromatic rings. The van der Waals surface area contributed by atoms with Gasteiger partial charge in [0.05, 0.1) is 37.3 Å². The summed E-state index contributed by atoms with van der Waals surface area (Å²) in [7, 11) is 4.40. The molecule has 5 rings (SSSR count). The number of benzene rings is 2. The van der Waals surface area contributed by atoms with Gasteiger partial charge in [-0.1, -0.05) is 28.4 Å². The van der Waals surface area contributed by atoms with Crippen LogP contribution in [0.25, 0.3) is 11.0 Å². The molecule has 2 aromatic carbocycles. The number of nitrogens with zero attached hydrogens (tertiary/aromatic N) is 2. The molecular formula is C24H18Cl2N2O7. The van der Waals surface area contributed by atoms with E-state index >= 15 is 0 Å². The highest BCUT2D eigenvalue weighted by Gasteiger charge is 2.46. The van der Waals surface area contributed by atoms with Crippen molar-refractivity contribution in [2.45, 2.75) is 13.0 Å². The lowest BCUT2D eigenvalue weighted by Gasteiger charge is -2.25. The van der Waals surface area contributed by atoms with Crippen LogP contribution in [-0.2, 0) is 0 Å². The van der Waals surface area contributed by atoms with Gasteiger partial charge in [-0.05, 0) is 31.2 Å². The molecule has 1 aliphatic rings. The van der Waals surface area contributed by atoms with Crippen LogP contribution in [0.1, 0.15) is 33.5 Å². The van der Waals surface area contributed by atoms with Crippen molar-refractivity contribution in [2.75, 3.05) is 26.2 Å². The molecule has 35 heavy (non-hydrogen) atoms. The fourth-order valence-electron chi connectivity index (χ4n) is 4.34. The molecule has 0 bridgehead atoms. The highest BCUT2D eigenvalue weighted by atomic mass is 35.5. The second-order valence-corrected chi connectivity index (χ2v) is 8.58. The highest BCUT2D eigenvalue weighted by Crippen LogP contribution is 2.49. The topological polar surface area (TPSA) is 104 Å². The first-order valence-corrected chi connectivity index (χ1v) is 11.1. The zero-order valence-corrected chi connectivity index (χ0v) is 20.5. The van der Waals surface area contributed by atoms with Crippen molar-refractivity contribution in [2.24, 2.45) is 0 Å². The summed E-state index contributed by atoms with van der Waals surface area (Å²) in [6.45, 7) is 1.69. The number of carbonyl (C=O) groups is 1. The number of amides is 1. The monoisotopic (exact) mass is 516 g/mol. The SMILES string of the molecule is COc1ccc(C2c3c(oc4c(Cl)cc(Cl)cc4c3=O)C(=O)N2c2cc(C)on2)c(OC)c1OC. The Morgan fingerprint density at radius 3 is 2.37 bits per heavy atom. The van der Waals surface area contributed by atoms with Gasteiger partial charge < -0.3 is 23.2 Å². The number of hydrogen-bond acceptors (Lipinski definition) is 8. The summed E-state index contributed by atoms with van der Waals surface area (Å²) in [5.41, 5.74) is 0.109. The third-order valence-corrected chi connectivity index (χ3v) is 6.28. The highest BCUT2D eigenvalue weighted by molar-refractivity contribution is 6.38. The first-order valence-electron chi connectivity index (χ1n) is 10.3. The van der Waals surface area contributed by atoms with Crippen LogP contribution in [0.5, 0.6) is 17.2 Å². The van der Waals surface area contributed by atoms with Crippen molar-refractivity contribution in [3.8, 4) is 17.2 Å². The lowest BCUT2D eigenvalue weighted by atomic mass is 9.97. The Morgan fingerprint density at radius 1 is 1.00 bits per heavy atom. The quantitative estimate of drug-likeness (QED) is 0.357. The van der Waals surface area contributed by atoms with Gasteiger partial charge in [0, 0.05) is 16.7 Å². The van der Waals surface area contributed by atoms with Crippen molar-refractivity contribution in [3.63, 3.8) is 0 Å². The Kier molecular flexibility index (Phi) is 5.61. The molecule has 0 spiro atoms. The summed E-state index contributed by atoms with van der Waals surface area (Å²) >= 11 is 12.5. The first kappa shape index (κ1) is 23.1. The summed E-state index contributed by atoms with van der Waals surface area (Å²) in [6.07, 6.45) is 0. The van der Waals surface area contributed by atoms with E-state index in [-0.39, 0.29) is 43.9 Å².